The normalized spacial score (nSPS) is 15.4. The van der Waals surface area contributed by atoms with Crippen LogP contribution in [-0.4, -0.2) is 29.7 Å². The molecule has 3 aromatic rings. The number of hydrazone groups is 1. The number of hydrogen-bond acceptors (Lipinski definition) is 5. The van der Waals surface area contributed by atoms with Gasteiger partial charge in [0.05, 0.1) is 18.9 Å². The van der Waals surface area contributed by atoms with Crippen molar-refractivity contribution in [3.63, 3.8) is 0 Å². The molecular formula is C27H24N2O4. The molecule has 33 heavy (non-hydrogen) atoms. The third kappa shape index (κ3) is 5.18. The van der Waals surface area contributed by atoms with Crippen LogP contribution in [0.4, 0.5) is 0 Å². The number of benzene rings is 3. The average molecular weight is 440 g/mol. The maximum absolute atomic E-state index is 12.6. The van der Waals surface area contributed by atoms with Crippen molar-refractivity contribution < 1.29 is 19.1 Å². The van der Waals surface area contributed by atoms with E-state index < -0.39 is 5.97 Å². The van der Waals surface area contributed by atoms with E-state index in [1.165, 1.54) is 18.0 Å². The van der Waals surface area contributed by atoms with Crippen molar-refractivity contribution >= 4 is 23.7 Å². The second-order valence-electron chi connectivity index (χ2n) is 7.57. The van der Waals surface area contributed by atoms with Crippen molar-refractivity contribution in [1.29, 1.82) is 0 Å². The zero-order chi connectivity index (χ0) is 23.2. The summed E-state index contributed by atoms with van der Waals surface area (Å²) in [7, 11) is 1.55. The fraction of sp³-hybridized carbons (Fsp3) is 0.148. The molecule has 0 aliphatic carbocycles. The predicted molar refractivity (Wildman–Crippen MR) is 127 cm³/mol. The monoisotopic (exact) mass is 440 g/mol. The van der Waals surface area contributed by atoms with Crippen molar-refractivity contribution in [3.05, 3.63) is 102 Å². The molecule has 0 fully saturated rings. The number of nitrogens with zero attached hydrogens (tertiary/aromatic N) is 2. The molecule has 0 radical (unpaired) electrons. The molecule has 0 saturated heterocycles. The molecule has 1 unspecified atom stereocenters. The largest absolute Gasteiger partial charge is 0.497 e. The van der Waals surface area contributed by atoms with Gasteiger partial charge in [-0.3, -0.25) is 4.79 Å². The lowest BCUT2D eigenvalue weighted by Crippen LogP contribution is -2.24. The Hall–Kier alpha value is -4.19. The molecule has 1 atom stereocenters. The number of rotatable bonds is 6. The molecule has 3 aromatic carbocycles. The molecule has 0 N–H and O–H groups in total. The SMILES string of the molecule is COc1ccc(C2=NN(C(C)=O)C(c3ccccc3)C2)c(OC(=O)C=Cc2ccccc2)c1. The van der Waals surface area contributed by atoms with Crippen LogP contribution in [0.3, 0.4) is 0 Å². The highest BCUT2D eigenvalue weighted by molar-refractivity contribution is 6.06. The maximum Gasteiger partial charge on any atom is 0.336 e. The van der Waals surface area contributed by atoms with Crippen LogP contribution in [0, 0.1) is 0 Å². The van der Waals surface area contributed by atoms with Crippen molar-refractivity contribution in [2.45, 2.75) is 19.4 Å². The molecule has 1 aliphatic rings. The number of carbonyl (C=O) groups is 2. The molecule has 0 saturated carbocycles. The van der Waals surface area contributed by atoms with Gasteiger partial charge in [-0.1, -0.05) is 60.7 Å². The smallest absolute Gasteiger partial charge is 0.336 e. The van der Waals surface area contributed by atoms with Gasteiger partial charge in [-0.2, -0.15) is 5.10 Å². The van der Waals surface area contributed by atoms with Gasteiger partial charge < -0.3 is 9.47 Å². The first-order chi connectivity index (χ1) is 16.0. The molecule has 4 rings (SSSR count). The summed E-state index contributed by atoms with van der Waals surface area (Å²) in [6.45, 7) is 1.49. The highest BCUT2D eigenvalue weighted by Gasteiger charge is 2.32. The lowest BCUT2D eigenvalue weighted by molar-refractivity contribution is -0.131. The number of esters is 1. The highest BCUT2D eigenvalue weighted by atomic mass is 16.5. The Kier molecular flexibility index (Phi) is 6.64. The lowest BCUT2D eigenvalue weighted by atomic mass is 9.98. The van der Waals surface area contributed by atoms with Crippen LogP contribution >= 0.6 is 0 Å². The maximum atomic E-state index is 12.6. The van der Waals surface area contributed by atoms with Gasteiger partial charge in [-0.25, -0.2) is 9.80 Å². The number of hydrogen-bond donors (Lipinski definition) is 0. The number of carbonyl (C=O) groups excluding carboxylic acids is 2. The molecule has 6 nitrogen and oxygen atoms in total. The van der Waals surface area contributed by atoms with Crippen LogP contribution in [0.2, 0.25) is 0 Å². The minimum Gasteiger partial charge on any atom is -0.497 e. The Labute approximate surface area is 192 Å². The lowest BCUT2D eigenvalue weighted by Gasteiger charge is -2.20. The quantitative estimate of drug-likeness (QED) is 0.307. The van der Waals surface area contributed by atoms with Gasteiger partial charge >= 0.3 is 5.97 Å². The van der Waals surface area contributed by atoms with Gasteiger partial charge in [0.2, 0.25) is 5.91 Å². The van der Waals surface area contributed by atoms with Crippen molar-refractivity contribution in [1.82, 2.24) is 5.01 Å². The molecule has 0 spiro atoms. The number of amides is 1. The van der Waals surface area contributed by atoms with E-state index in [0.29, 0.717) is 29.2 Å². The van der Waals surface area contributed by atoms with E-state index >= 15 is 0 Å². The van der Waals surface area contributed by atoms with E-state index in [1.807, 2.05) is 60.7 Å². The zero-order valence-corrected chi connectivity index (χ0v) is 18.5. The second kappa shape index (κ2) is 9.96. The summed E-state index contributed by atoms with van der Waals surface area (Å²) in [6, 6.07) is 24.3. The van der Waals surface area contributed by atoms with Crippen LogP contribution in [0.25, 0.3) is 6.08 Å². The fourth-order valence-electron chi connectivity index (χ4n) is 3.72. The van der Waals surface area contributed by atoms with Crippen LogP contribution in [0.1, 0.15) is 36.1 Å². The molecule has 0 aromatic heterocycles. The first-order valence-corrected chi connectivity index (χ1v) is 10.6. The van der Waals surface area contributed by atoms with Gasteiger partial charge in [-0.05, 0) is 29.3 Å². The van der Waals surface area contributed by atoms with E-state index in [2.05, 4.69) is 5.10 Å². The average Bonchev–Trinajstić information content (AvgIpc) is 3.29. The highest BCUT2D eigenvalue weighted by Crippen LogP contribution is 2.36. The van der Waals surface area contributed by atoms with Crippen molar-refractivity contribution in [2.24, 2.45) is 5.10 Å². The van der Waals surface area contributed by atoms with Crippen LogP contribution in [-0.2, 0) is 9.59 Å². The third-order valence-corrected chi connectivity index (χ3v) is 5.34. The Morgan fingerprint density at radius 1 is 1.00 bits per heavy atom. The summed E-state index contributed by atoms with van der Waals surface area (Å²) in [6.07, 6.45) is 3.57. The van der Waals surface area contributed by atoms with Gasteiger partial charge in [0, 0.05) is 31.1 Å². The van der Waals surface area contributed by atoms with E-state index in [4.69, 9.17) is 9.47 Å². The summed E-state index contributed by atoms with van der Waals surface area (Å²) in [5, 5.41) is 6.06. The Morgan fingerprint density at radius 2 is 1.70 bits per heavy atom. The fourth-order valence-corrected chi connectivity index (χ4v) is 3.72. The minimum atomic E-state index is -0.519. The molecule has 0 bridgehead atoms. The topological polar surface area (TPSA) is 68.2 Å². The summed E-state index contributed by atoms with van der Waals surface area (Å²) in [5.41, 5.74) is 3.19. The van der Waals surface area contributed by atoms with Gasteiger partial charge in [0.15, 0.2) is 0 Å². The molecule has 1 heterocycles. The first-order valence-electron chi connectivity index (χ1n) is 10.6. The van der Waals surface area contributed by atoms with Crippen LogP contribution < -0.4 is 9.47 Å². The Bertz CT molecular complexity index is 1200. The summed E-state index contributed by atoms with van der Waals surface area (Å²) in [4.78, 5) is 24.9. The summed E-state index contributed by atoms with van der Waals surface area (Å²) < 4.78 is 11.0. The molecule has 166 valence electrons. The Morgan fingerprint density at radius 3 is 2.36 bits per heavy atom. The molecular weight excluding hydrogens is 416 g/mol. The van der Waals surface area contributed by atoms with Crippen LogP contribution in [0.15, 0.2) is 90.0 Å². The van der Waals surface area contributed by atoms with E-state index in [9.17, 15) is 9.59 Å². The number of ether oxygens (including phenoxy) is 2. The van der Waals surface area contributed by atoms with Crippen molar-refractivity contribution in [3.8, 4) is 11.5 Å². The molecule has 1 amide bonds. The van der Waals surface area contributed by atoms with Crippen molar-refractivity contribution in [2.75, 3.05) is 7.11 Å². The third-order valence-electron chi connectivity index (χ3n) is 5.34. The predicted octanol–water partition coefficient (Wildman–Crippen LogP) is 5.01. The van der Waals surface area contributed by atoms with E-state index in [0.717, 1.165) is 11.1 Å². The number of methoxy groups -OCH3 is 1. The standard InChI is InChI=1S/C27H24N2O4/c1-19(30)29-25(21-11-7-4-8-12-21)18-24(28-29)23-15-14-22(32-2)17-26(23)33-27(31)16-13-20-9-5-3-6-10-20/h3-17,25H,18H2,1-2H3. The minimum absolute atomic E-state index is 0.156. The van der Waals surface area contributed by atoms with Crippen LogP contribution in [0.5, 0.6) is 11.5 Å². The second-order valence-corrected chi connectivity index (χ2v) is 7.57. The van der Waals surface area contributed by atoms with Gasteiger partial charge in [0.1, 0.15) is 11.5 Å². The first kappa shape index (κ1) is 22.0. The van der Waals surface area contributed by atoms with E-state index in [1.54, 1.807) is 31.4 Å². The molecule has 6 heteroatoms. The Balaban J connectivity index is 1.62. The van der Waals surface area contributed by atoms with E-state index in [-0.39, 0.29) is 11.9 Å². The summed E-state index contributed by atoms with van der Waals surface area (Å²) in [5.74, 6) is 0.204. The molecule has 1 aliphatic heterocycles. The summed E-state index contributed by atoms with van der Waals surface area (Å²) >= 11 is 0. The van der Waals surface area contributed by atoms with Gasteiger partial charge in [-0.15, -0.1) is 0 Å². The van der Waals surface area contributed by atoms with Gasteiger partial charge in [0.25, 0.3) is 0 Å². The zero-order valence-electron chi connectivity index (χ0n) is 18.5.